The molecule has 1 N–H and O–H groups in total. The van der Waals surface area contributed by atoms with Gasteiger partial charge >= 0.3 is 0 Å². The van der Waals surface area contributed by atoms with E-state index in [1.807, 2.05) is 32.0 Å². The van der Waals surface area contributed by atoms with Crippen LogP contribution in [0.25, 0.3) is 33.6 Å². The third-order valence-corrected chi connectivity index (χ3v) is 4.39. The Labute approximate surface area is 158 Å². The van der Waals surface area contributed by atoms with Crippen molar-refractivity contribution in [1.82, 2.24) is 15.0 Å². The lowest BCUT2D eigenvalue weighted by Crippen LogP contribution is -2.04. The molecule has 4 aromatic heterocycles. The molecule has 0 bridgehead atoms. The summed E-state index contributed by atoms with van der Waals surface area (Å²) in [4.78, 5) is 24.1. The van der Waals surface area contributed by atoms with Crippen LogP contribution in [0.1, 0.15) is 11.5 Å². The minimum Gasteiger partial charge on any atom is -0.460 e. The number of furan rings is 1. The van der Waals surface area contributed by atoms with Gasteiger partial charge in [-0.25, -0.2) is 9.97 Å². The van der Waals surface area contributed by atoms with Gasteiger partial charge in [-0.1, -0.05) is 23.2 Å². The molecule has 0 aliphatic heterocycles. The predicted octanol–water partition coefficient (Wildman–Crippen LogP) is 5.17. The van der Waals surface area contributed by atoms with E-state index in [0.717, 1.165) is 22.6 Å². The maximum Gasteiger partial charge on any atom is 0.192 e. The average molecular weight is 386 g/mol. The van der Waals surface area contributed by atoms with E-state index in [1.165, 1.54) is 6.07 Å². The second kappa shape index (κ2) is 6.27. The second-order valence-corrected chi connectivity index (χ2v) is 6.79. The molecule has 0 spiro atoms. The lowest BCUT2D eigenvalue weighted by atomic mass is 10.0. The topological polar surface area (TPSA) is 71.8 Å². The molecule has 0 unspecified atom stereocenters. The SMILES string of the molecule is Cc1cc(-c2cc3c(=O)cc(Cl)[nH]c3nc2-c2ccc(C)o2)cc(Cl)n1. The van der Waals surface area contributed by atoms with Crippen LogP contribution in [0.5, 0.6) is 0 Å². The third-order valence-electron chi connectivity index (χ3n) is 3.99. The van der Waals surface area contributed by atoms with Gasteiger partial charge in [-0.3, -0.25) is 4.79 Å². The Bertz CT molecular complexity index is 1190. The van der Waals surface area contributed by atoms with Gasteiger partial charge in [0.2, 0.25) is 0 Å². The molecule has 0 atom stereocenters. The van der Waals surface area contributed by atoms with Gasteiger partial charge in [0.05, 0.1) is 5.39 Å². The standard InChI is InChI=1S/C19H13Cl2N3O2/c1-9-5-11(6-16(20)22-9)12-7-13-14(25)8-17(21)23-19(13)24-18(12)15-4-3-10(2)26-15/h3-8H,1-2H3,(H,23,24,25). The van der Waals surface area contributed by atoms with E-state index in [2.05, 4.69) is 15.0 Å². The summed E-state index contributed by atoms with van der Waals surface area (Å²) >= 11 is 12.1. The Balaban J connectivity index is 2.10. The van der Waals surface area contributed by atoms with Gasteiger partial charge in [-0.05, 0) is 49.7 Å². The molecule has 0 amide bonds. The summed E-state index contributed by atoms with van der Waals surface area (Å²) in [7, 11) is 0. The number of fused-ring (bicyclic) bond motifs is 1. The van der Waals surface area contributed by atoms with Crippen molar-refractivity contribution < 1.29 is 4.42 Å². The molecule has 4 heterocycles. The van der Waals surface area contributed by atoms with Crippen LogP contribution in [-0.4, -0.2) is 15.0 Å². The molecule has 0 radical (unpaired) electrons. The second-order valence-electron chi connectivity index (χ2n) is 5.99. The number of pyridine rings is 3. The number of aromatic nitrogens is 3. The van der Waals surface area contributed by atoms with Gasteiger partial charge in [-0.2, -0.15) is 0 Å². The minimum atomic E-state index is -0.212. The van der Waals surface area contributed by atoms with Crippen LogP contribution in [0, 0.1) is 13.8 Å². The van der Waals surface area contributed by atoms with Crippen molar-refractivity contribution in [1.29, 1.82) is 0 Å². The van der Waals surface area contributed by atoms with Crippen LogP contribution in [0.4, 0.5) is 0 Å². The Kier molecular flexibility index (Phi) is 4.05. The van der Waals surface area contributed by atoms with Crippen molar-refractivity contribution in [2.24, 2.45) is 0 Å². The van der Waals surface area contributed by atoms with Crippen LogP contribution in [-0.2, 0) is 0 Å². The van der Waals surface area contributed by atoms with Crippen LogP contribution in [0.15, 0.2) is 45.6 Å². The summed E-state index contributed by atoms with van der Waals surface area (Å²) in [6.45, 7) is 3.71. The number of hydrogen-bond donors (Lipinski definition) is 1. The molecule has 0 aliphatic rings. The Morgan fingerprint density at radius 3 is 2.54 bits per heavy atom. The van der Waals surface area contributed by atoms with Crippen LogP contribution < -0.4 is 5.43 Å². The van der Waals surface area contributed by atoms with Gasteiger partial charge in [0.15, 0.2) is 11.2 Å². The smallest absolute Gasteiger partial charge is 0.192 e. The molecule has 4 aromatic rings. The van der Waals surface area contributed by atoms with Crippen LogP contribution in [0.2, 0.25) is 10.3 Å². The number of H-pyrrole nitrogens is 1. The monoisotopic (exact) mass is 385 g/mol. The number of aryl methyl sites for hydroxylation is 2. The summed E-state index contributed by atoms with van der Waals surface area (Å²) in [6, 6.07) is 10.4. The zero-order valence-electron chi connectivity index (χ0n) is 13.9. The van der Waals surface area contributed by atoms with E-state index < -0.39 is 0 Å². The number of rotatable bonds is 2. The molecule has 0 fully saturated rings. The van der Waals surface area contributed by atoms with E-state index in [4.69, 9.17) is 27.6 Å². The van der Waals surface area contributed by atoms with E-state index in [0.29, 0.717) is 27.6 Å². The Morgan fingerprint density at radius 2 is 1.85 bits per heavy atom. The highest BCUT2D eigenvalue weighted by Gasteiger charge is 2.17. The maximum absolute atomic E-state index is 12.4. The number of aromatic amines is 1. The molecule has 26 heavy (non-hydrogen) atoms. The van der Waals surface area contributed by atoms with Crippen molar-refractivity contribution in [3.8, 4) is 22.6 Å². The Morgan fingerprint density at radius 1 is 1.04 bits per heavy atom. The molecule has 0 aromatic carbocycles. The molecule has 0 saturated heterocycles. The molecular weight excluding hydrogens is 373 g/mol. The predicted molar refractivity (Wildman–Crippen MR) is 103 cm³/mol. The summed E-state index contributed by atoms with van der Waals surface area (Å²) < 4.78 is 5.77. The molecular formula is C19H13Cl2N3O2. The summed E-state index contributed by atoms with van der Waals surface area (Å²) in [5.74, 6) is 1.35. The highest BCUT2D eigenvalue weighted by Crippen LogP contribution is 2.34. The first-order valence-corrected chi connectivity index (χ1v) is 8.61. The lowest BCUT2D eigenvalue weighted by Gasteiger charge is -2.10. The van der Waals surface area contributed by atoms with Crippen LogP contribution >= 0.6 is 23.2 Å². The van der Waals surface area contributed by atoms with Gasteiger partial charge < -0.3 is 9.40 Å². The highest BCUT2D eigenvalue weighted by atomic mass is 35.5. The van der Waals surface area contributed by atoms with E-state index in [-0.39, 0.29) is 10.6 Å². The average Bonchev–Trinajstić information content (AvgIpc) is 2.99. The van der Waals surface area contributed by atoms with Gasteiger partial charge in [0.1, 0.15) is 27.4 Å². The number of nitrogens with one attached hydrogen (secondary N) is 1. The fraction of sp³-hybridized carbons (Fsp3) is 0.105. The number of hydrogen-bond acceptors (Lipinski definition) is 4. The first-order chi connectivity index (χ1) is 12.4. The quantitative estimate of drug-likeness (QED) is 0.483. The summed E-state index contributed by atoms with van der Waals surface area (Å²) in [5, 5.41) is 1.03. The van der Waals surface area contributed by atoms with Crippen molar-refractivity contribution in [2.45, 2.75) is 13.8 Å². The number of halogens is 2. The molecule has 0 aliphatic carbocycles. The van der Waals surface area contributed by atoms with Crippen molar-refractivity contribution in [2.75, 3.05) is 0 Å². The highest BCUT2D eigenvalue weighted by molar-refractivity contribution is 6.30. The molecule has 5 nitrogen and oxygen atoms in total. The summed E-state index contributed by atoms with van der Waals surface area (Å²) in [5.41, 5.74) is 3.07. The Hall–Kier alpha value is -2.63. The number of nitrogens with zero attached hydrogens (tertiary/aromatic N) is 2. The first-order valence-electron chi connectivity index (χ1n) is 7.85. The van der Waals surface area contributed by atoms with Crippen LogP contribution in [0.3, 0.4) is 0 Å². The fourth-order valence-electron chi connectivity index (χ4n) is 2.89. The first kappa shape index (κ1) is 16.8. The molecule has 0 saturated carbocycles. The molecule has 7 heteroatoms. The normalized spacial score (nSPS) is 11.2. The zero-order chi connectivity index (χ0) is 18.4. The van der Waals surface area contributed by atoms with Crippen molar-refractivity contribution >= 4 is 34.2 Å². The van der Waals surface area contributed by atoms with Crippen molar-refractivity contribution in [3.63, 3.8) is 0 Å². The van der Waals surface area contributed by atoms with Gasteiger partial charge in [-0.15, -0.1) is 0 Å². The van der Waals surface area contributed by atoms with E-state index in [1.54, 1.807) is 12.1 Å². The van der Waals surface area contributed by atoms with E-state index >= 15 is 0 Å². The lowest BCUT2D eigenvalue weighted by molar-refractivity contribution is 0.547. The van der Waals surface area contributed by atoms with Gasteiger partial charge in [0.25, 0.3) is 0 Å². The third kappa shape index (κ3) is 3.00. The summed E-state index contributed by atoms with van der Waals surface area (Å²) in [6.07, 6.45) is 0. The van der Waals surface area contributed by atoms with Gasteiger partial charge in [0, 0.05) is 17.3 Å². The van der Waals surface area contributed by atoms with E-state index in [9.17, 15) is 4.79 Å². The van der Waals surface area contributed by atoms with Crippen molar-refractivity contribution in [3.05, 3.63) is 68.4 Å². The molecule has 4 rings (SSSR count). The molecule has 130 valence electrons. The fourth-order valence-corrected chi connectivity index (χ4v) is 3.33. The largest absolute Gasteiger partial charge is 0.460 e. The maximum atomic E-state index is 12.4. The minimum absolute atomic E-state index is 0.212. The zero-order valence-corrected chi connectivity index (χ0v) is 15.4.